The molecule has 3 heterocycles. The molecule has 0 saturated heterocycles. The molecule has 6 aliphatic rings. The Morgan fingerprint density at radius 2 is 0.824 bits per heavy atom. The highest BCUT2D eigenvalue weighted by molar-refractivity contribution is 7.00. The summed E-state index contributed by atoms with van der Waals surface area (Å²) < 4.78 is 7.24. The Hall–Kier alpha value is -5.22. The van der Waals surface area contributed by atoms with Crippen LogP contribution in [0, 0.1) is 13.8 Å². The van der Waals surface area contributed by atoms with Gasteiger partial charge in [0.2, 0.25) is 0 Å². The third-order valence-corrected chi connectivity index (χ3v) is 21.3. The minimum atomic E-state index is -0.00657. The van der Waals surface area contributed by atoms with Crippen LogP contribution in [-0.4, -0.2) is 6.71 Å². The van der Waals surface area contributed by atoms with Crippen LogP contribution in [0.25, 0.3) is 21.9 Å². The van der Waals surface area contributed by atoms with Gasteiger partial charge in [-0.15, -0.1) is 0 Å². The molecule has 0 fully saturated rings. The SMILES string of the molecule is Cc1cc2c3c(c1)N(c1cc4c(cc1C)C(C)(C)CCC4(C)C)c1c(ccc4oc5cc6c(cc5c14)C(C)(C)CCC6(C)C)B3c1cc3c(cc1N2c1ccc2c(c1)C(C)(C)CCC2(C)C)C(C)(C)CCC3(C)C. The van der Waals surface area contributed by atoms with Gasteiger partial charge in [-0.1, -0.05) is 135 Å². The quantitative estimate of drug-likeness (QED) is 0.161. The predicted molar refractivity (Wildman–Crippen MR) is 318 cm³/mol. The number of hydrogen-bond donors (Lipinski definition) is 0. The lowest BCUT2D eigenvalue weighted by Crippen LogP contribution is -2.62. The second kappa shape index (κ2) is 14.8. The molecule has 13 rings (SSSR count). The second-order valence-electron chi connectivity index (χ2n) is 30.1. The molecular formula is C70H83BN2O. The van der Waals surface area contributed by atoms with E-state index in [9.17, 15) is 0 Å². The highest BCUT2D eigenvalue weighted by atomic mass is 16.3. The lowest BCUT2D eigenvalue weighted by Gasteiger charge is -2.48. The van der Waals surface area contributed by atoms with Crippen molar-refractivity contribution in [3.8, 4) is 0 Å². The number of hydrogen-bond acceptors (Lipinski definition) is 3. The Bertz CT molecular complexity index is 3620. The summed E-state index contributed by atoms with van der Waals surface area (Å²) in [5.41, 5.74) is 29.0. The van der Waals surface area contributed by atoms with Gasteiger partial charge in [0, 0.05) is 33.8 Å². The number of nitrogens with zero attached hydrogens (tertiary/aromatic N) is 2. The monoisotopic (exact) mass is 979 g/mol. The molecular weight excluding hydrogens is 896 g/mol. The van der Waals surface area contributed by atoms with Crippen LogP contribution in [0.3, 0.4) is 0 Å². The first-order chi connectivity index (χ1) is 34.4. The Kier molecular flexibility index (Phi) is 9.70. The first-order valence-corrected chi connectivity index (χ1v) is 28.7. The van der Waals surface area contributed by atoms with Crippen molar-refractivity contribution in [1.82, 2.24) is 0 Å². The van der Waals surface area contributed by atoms with E-state index < -0.39 is 0 Å². The topological polar surface area (TPSA) is 19.6 Å². The zero-order valence-corrected chi connectivity index (χ0v) is 48.5. The Balaban J connectivity index is 1.18. The van der Waals surface area contributed by atoms with Gasteiger partial charge in [-0.05, 0) is 235 Å². The molecule has 382 valence electrons. The maximum atomic E-state index is 7.24. The Labute approximate surface area is 445 Å². The molecule has 4 heteroatoms. The summed E-state index contributed by atoms with van der Waals surface area (Å²) in [5, 5.41) is 2.48. The number of benzene rings is 6. The van der Waals surface area contributed by atoms with Crippen molar-refractivity contribution >= 4 is 79.2 Å². The van der Waals surface area contributed by atoms with E-state index in [1.54, 1.807) is 0 Å². The molecule has 0 saturated carbocycles. The van der Waals surface area contributed by atoms with E-state index in [4.69, 9.17) is 4.42 Å². The van der Waals surface area contributed by atoms with Crippen LogP contribution in [0.5, 0.6) is 0 Å². The predicted octanol–water partition coefficient (Wildman–Crippen LogP) is 17.7. The fourth-order valence-corrected chi connectivity index (χ4v) is 15.8. The van der Waals surface area contributed by atoms with Crippen molar-refractivity contribution in [2.45, 2.75) is 219 Å². The Morgan fingerprint density at radius 3 is 1.38 bits per heavy atom. The van der Waals surface area contributed by atoms with E-state index in [1.807, 2.05) is 0 Å². The third-order valence-electron chi connectivity index (χ3n) is 21.3. The van der Waals surface area contributed by atoms with Crippen LogP contribution in [0.15, 0.2) is 83.3 Å². The average molecular weight is 979 g/mol. The summed E-state index contributed by atoms with van der Waals surface area (Å²) in [6, 6.07) is 33.1. The van der Waals surface area contributed by atoms with Crippen LogP contribution in [0.4, 0.5) is 34.1 Å². The van der Waals surface area contributed by atoms with Gasteiger partial charge in [-0.2, -0.15) is 0 Å². The zero-order chi connectivity index (χ0) is 52.6. The number of anilines is 6. The molecule has 0 amide bonds. The molecule has 0 bridgehead atoms. The van der Waals surface area contributed by atoms with E-state index in [0.717, 1.165) is 11.2 Å². The molecule has 0 spiro atoms. The number of fused-ring (bicyclic) bond motifs is 12. The normalized spacial score (nSPS) is 22.3. The van der Waals surface area contributed by atoms with Gasteiger partial charge < -0.3 is 14.2 Å². The first kappa shape index (κ1) is 48.4. The summed E-state index contributed by atoms with van der Waals surface area (Å²) in [7, 11) is 0. The molecule has 0 unspecified atom stereocenters. The fourth-order valence-electron chi connectivity index (χ4n) is 15.8. The van der Waals surface area contributed by atoms with Gasteiger partial charge >= 0.3 is 0 Å². The highest BCUT2D eigenvalue weighted by Crippen LogP contribution is 2.57. The maximum Gasteiger partial charge on any atom is 0.252 e. The van der Waals surface area contributed by atoms with Crippen LogP contribution < -0.4 is 26.2 Å². The number of rotatable bonds is 2. The smallest absolute Gasteiger partial charge is 0.252 e. The zero-order valence-electron chi connectivity index (χ0n) is 48.5. The molecule has 3 nitrogen and oxygen atoms in total. The molecule has 0 N–H and O–H groups in total. The van der Waals surface area contributed by atoms with Gasteiger partial charge in [-0.25, -0.2) is 0 Å². The van der Waals surface area contributed by atoms with Crippen molar-refractivity contribution in [3.63, 3.8) is 0 Å². The second-order valence-corrected chi connectivity index (χ2v) is 30.1. The van der Waals surface area contributed by atoms with Gasteiger partial charge in [0.1, 0.15) is 11.2 Å². The highest BCUT2D eigenvalue weighted by Gasteiger charge is 2.49. The average Bonchev–Trinajstić information content (AvgIpc) is 3.70. The van der Waals surface area contributed by atoms with E-state index >= 15 is 0 Å². The van der Waals surface area contributed by atoms with Crippen molar-refractivity contribution in [2.24, 2.45) is 0 Å². The van der Waals surface area contributed by atoms with Gasteiger partial charge in [-0.3, -0.25) is 0 Å². The molecule has 2 aliphatic heterocycles. The molecule has 74 heavy (non-hydrogen) atoms. The lowest BCUT2D eigenvalue weighted by molar-refractivity contribution is 0.332. The van der Waals surface area contributed by atoms with Crippen LogP contribution in [0.1, 0.15) is 218 Å². The molecule has 6 aromatic carbocycles. The summed E-state index contributed by atoms with van der Waals surface area (Å²) >= 11 is 0. The summed E-state index contributed by atoms with van der Waals surface area (Å²) in [4.78, 5) is 5.48. The van der Waals surface area contributed by atoms with Gasteiger partial charge in [0.05, 0.1) is 11.1 Å². The van der Waals surface area contributed by atoms with Gasteiger partial charge in [0.15, 0.2) is 0 Å². The van der Waals surface area contributed by atoms with Crippen molar-refractivity contribution in [3.05, 3.63) is 134 Å². The fraction of sp³-hybridized carbons (Fsp3) is 0.486. The van der Waals surface area contributed by atoms with E-state index in [2.05, 4.69) is 213 Å². The van der Waals surface area contributed by atoms with Gasteiger partial charge in [0.25, 0.3) is 6.71 Å². The minimum Gasteiger partial charge on any atom is -0.456 e. The minimum absolute atomic E-state index is 0.00657. The molecule has 7 aromatic rings. The lowest BCUT2D eigenvalue weighted by atomic mass is 9.33. The van der Waals surface area contributed by atoms with Crippen LogP contribution in [0.2, 0.25) is 0 Å². The van der Waals surface area contributed by atoms with E-state index in [-0.39, 0.29) is 50.0 Å². The summed E-state index contributed by atoms with van der Waals surface area (Å²) in [6.45, 7) is 44.4. The molecule has 0 radical (unpaired) electrons. The van der Waals surface area contributed by atoms with E-state index in [1.165, 1.54) is 168 Å². The van der Waals surface area contributed by atoms with Crippen molar-refractivity contribution in [2.75, 3.05) is 9.80 Å². The van der Waals surface area contributed by atoms with Crippen molar-refractivity contribution in [1.29, 1.82) is 0 Å². The molecule has 1 aromatic heterocycles. The van der Waals surface area contributed by atoms with E-state index in [0.29, 0.717) is 0 Å². The van der Waals surface area contributed by atoms with Crippen LogP contribution in [-0.2, 0) is 43.3 Å². The Morgan fingerprint density at radius 1 is 0.378 bits per heavy atom. The molecule has 4 aliphatic carbocycles. The van der Waals surface area contributed by atoms with Crippen molar-refractivity contribution < 1.29 is 4.42 Å². The number of aryl methyl sites for hydroxylation is 2. The molecule has 0 atom stereocenters. The number of furan rings is 1. The third kappa shape index (κ3) is 6.63. The largest absolute Gasteiger partial charge is 0.456 e. The van der Waals surface area contributed by atoms with Crippen LogP contribution >= 0.6 is 0 Å². The maximum absolute atomic E-state index is 7.24. The summed E-state index contributed by atoms with van der Waals surface area (Å²) in [5.74, 6) is 0. The first-order valence-electron chi connectivity index (χ1n) is 28.7. The summed E-state index contributed by atoms with van der Waals surface area (Å²) in [6.07, 6.45) is 9.42. The standard InChI is InChI=1S/C70H83BN2O/c1-40-31-56-61-57(32-40)73(54-37-49-45(33-41(54)2)64(5,6)25-28-68(49,13)14)62-52(21-22-58-60(62)43-35-47-51(39-59(43)74-58)70(17,18)30-26-66(47,9)10)71(61)53-36-48-50(69(15,16)29-27-67(48,11)12)38-55(53)72(56)42-19-20-44-46(34-42)65(7,8)24-23-63(44,3)4/h19-22,31-39H,23-30H2,1-18H3.